The second-order valence-electron chi connectivity index (χ2n) is 5.58. The van der Waals surface area contributed by atoms with Gasteiger partial charge in [-0.25, -0.2) is 0 Å². The summed E-state index contributed by atoms with van der Waals surface area (Å²) in [7, 11) is -1.80. The van der Waals surface area contributed by atoms with Crippen LogP contribution in [0.25, 0.3) is 0 Å². The van der Waals surface area contributed by atoms with Gasteiger partial charge in [-0.2, -0.15) is 0 Å². The molecule has 0 aliphatic rings. The van der Waals surface area contributed by atoms with Crippen molar-refractivity contribution < 1.29 is 4.43 Å². The molecule has 0 radical (unpaired) electrons. The molecule has 0 aliphatic carbocycles. The average molecular weight is 214 g/mol. The SMILES string of the molecule is C=C[Si](OC(C)(C)C)(C(C)C)C(C)C. The predicted molar refractivity (Wildman–Crippen MR) is 67.0 cm³/mol. The summed E-state index contributed by atoms with van der Waals surface area (Å²) >= 11 is 0. The van der Waals surface area contributed by atoms with Gasteiger partial charge in [0, 0.05) is 5.60 Å². The van der Waals surface area contributed by atoms with E-state index >= 15 is 0 Å². The quantitative estimate of drug-likeness (QED) is 0.634. The molecule has 0 amide bonds. The second kappa shape index (κ2) is 4.62. The monoisotopic (exact) mass is 214 g/mol. The number of hydrogen-bond acceptors (Lipinski definition) is 1. The Balaban J connectivity index is 4.96. The van der Waals surface area contributed by atoms with E-state index in [1.165, 1.54) is 0 Å². The molecule has 0 unspecified atom stereocenters. The van der Waals surface area contributed by atoms with Crippen LogP contribution in [-0.4, -0.2) is 13.9 Å². The maximum atomic E-state index is 6.32. The fourth-order valence-electron chi connectivity index (χ4n) is 1.95. The molecule has 0 fully saturated rings. The Kier molecular flexibility index (Phi) is 4.60. The summed E-state index contributed by atoms with van der Waals surface area (Å²) < 4.78 is 6.32. The normalized spacial score (nSPS) is 13.8. The van der Waals surface area contributed by atoms with E-state index in [-0.39, 0.29) is 5.60 Å². The van der Waals surface area contributed by atoms with Crippen molar-refractivity contribution in [1.29, 1.82) is 0 Å². The molecule has 0 rings (SSSR count). The Hall–Kier alpha value is -0.0831. The summed E-state index contributed by atoms with van der Waals surface area (Å²) in [4.78, 5) is 0. The first kappa shape index (κ1) is 13.9. The van der Waals surface area contributed by atoms with Gasteiger partial charge >= 0.3 is 0 Å². The minimum absolute atomic E-state index is 0.0606. The highest BCUT2D eigenvalue weighted by molar-refractivity contribution is 6.81. The Morgan fingerprint density at radius 1 is 1.07 bits per heavy atom. The van der Waals surface area contributed by atoms with Gasteiger partial charge in [-0.15, -0.1) is 6.58 Å². The Bertz CT molecular complexity index is 181. The summed E-state index contributed by atoms with van der Waals surface area (Å²) in [6.07, 6.45) is 0. The van der Waals surface area contributed by atoms with Crippen molar-refractivity contribution in [2.24, 2.45) is 0 Å². The zero-order chi connectivity index (χ0) is 11.6. The summed E-state index contributed by atoms with van der Waals surface area (Å²) in [6.45, 7) is 19.4. The molecule has 0 aliphatic heterocycles. The molecular formula is C12H26OSi. The zero-order valence-electron chi connectivity index (χ0n) is 10.8. The largest absolute Gasteiger partial charge is 0.408 e. The standard InChI is InChI=1S/C12H26OSi/c1-9-14(10(2)3,11(4)5)13-12(6,7)8/h9-11H,1H2,2-8H3. The summed E-state index contributed by atoms with van der Waals surface area (Å²) in [5.74, 6) is 0. The average Bonchev–Trinajstić information content (AvgIpc) is 1.97. The van der Waals surface area contributed by atoms with Gasteiger partial charge in [0.2, 0.25) is 8.32 Å². The molecule has 2 heteroatoms. The van der Waals surface area contributed by atoms with Crippen molar-refractivity contribution >= 4 is 8.32 Å². The Morgan fingerprint density at radius 2 is 1.43 bits per heavy atom. The molecule has 84 valence electrons. The molecule has 0 heterocycles. The van der Waals surface area contributed by atoms with Gasteiger partial charge in [-0.1, -0.05) is 33.4 Å². The van der Waals surface area contributed by atoms with Crippen LogP contribution in [0.3, 0.4) is 0 Å². The first-order chi connectivity index (χ1) is 6.15. The van der Waals surface area contributed by atoms with Crippen LogP contribution in [-0.2, 0) is 4.43 Å². The molecule has 0 N–H and O–H groups in total. The van der Waals surface area contributed by atoms with Crippen molar-refractivity contribution in [2.75, 3.05) is 0 Å². The molecular weight excluding hydrogens is 188 g/mol. The van der Waals surface area contributed by atoms with E-state index in [9.17, 15) is 0 Å². The van der Waals surface area contributed by atoms with Crippen molar-refractivity contribution in [1.82, 2.24) is 0 Å². The molecule has 0 aromatic heterocycles. The minimum Gasteiger partial charge on any atom is -0.408 e. The van der Waals surface area contributed by atoms with Crippen molar-refractivity contribution in [3.8, 4) is 0 Å². The van der Waals surface area contributed by atoms with Gasteiger partial charge in [0.05, 0.1) is 0 Å². The highest BCUT2D eigenvalue weighted by Gasteiger charge is 2.42. The smallest absolute Gasteiger partial charge is 0.222 e. The third kappa shape index (κ3) is 3.25. The van der Waals surface area contributed by atoms with E-state index in [0.717, 1.165) is 0 Å². The lowest BCUT2D eigenvalue weighted by Crippen LogP contribution is -2.48. The first-order valence-corrected chi connectivity index (χ1v) is 7.63. The molecule has 1 nitrogen and oxygen atoms in total. The van der Waals surface area contributed by atoms with Crippen LogP contribution in [0.15, 0.2) is 12.3 Å². The van der Waals surface area contributed by atoms with E-state index in [4.69, 9.17) is 4.43 Å². The van der Waals surface area contributed by atoms with Crippen molar-refractivity contribution in [2.45, 2.75) is 65.1 Å². The topological polar surface area (TPSA) is 9.23 Å². The second-order valence-corrected chi connectivity index (χ2v) is 10.2. The van der Waals surface area contributed by atoms with Crippen LogP contribution >= 0.6 is 0 Å². The third-order valence-electron chi connectivity index (χ3n) is 2.61. The van der Waals surface area contributed by atoms with Gasteiger partial charge in [0.15, 0.2) is 0 Å². The predicted octanol–water partition coefficient (Wildman–Crippen LogP) is 4.29. The van der Waals surface area contributed by atoms with Crippen molar-refractivity contribution in [3.05, 3.63) is 12.3 Å². The van der Waals surface area contributed by atoms with Gasteiger partial charge in [0.25, 0.3) is 0 Å². The Labute approximate surface area is 90.7 Å². The van der Waals surface area contributed by atoms with Gasteiger partial charge in [0.1, 0.15) is 0 Å². The lowest BCUT2D eigenvalue weighted by atomic mass is 10.2. The highest BCUT2D eigenvalue weighted by Crippen LogP contribution is 2.37. The first-order valence-electron chi connectivity index (χ1n) is 5.49. The fourth-order valence-corrected chi connectivity index (χ4v) is 5.84. The van der Waals surface area contributed by atoms with E-state index in [0.29, 0.717) is 11.1 Å². The van der Waals surface area contributed by atoms with E-state index < -0.39 is 8.32 Å². The van der Waals surface area contributed by atoms with Crippen LogP contribution in [0.4, 0.5) is 0 Å². The maximum Gasteiger partial charge on any atom is 0.222 e. The van der Waals surface area contributed by atoms with Crippen LogP contribution in [0.1, 0.15) is 48.5 Å². The summed E-state index contributed by atoms with van der Waals surface area (Å²) in [6, 6.07) is 0. The maximum absolute atomic E-state index is 6.32. The van der Waals surface area contributed by atoms with Crippen molar-refractivity contribution in [3.63, 3.8) is 0 Å². The Morgan fingerprint density at radius 3 is 1.50 bits per heavy atom. The van der Waals surface area contributed by atoms with E-state index in [2.05, 4.69) is 60.7 Å². The van der Waals surface area contributed by atoms with Gasteiger partial charge in [-0.3, -0.25) is 0 Å². The van der Waals surface area contributed by atoms with Crippen LogP contribution in [0, 0.1) is 0 Å². The third-order valence-corrected chi connectivity index (χ3v) is 7.82. The molecule has 0 atom stereocenters. The molecule has 0 saturated carbocycles. The fraction of sp³-hybridized carbons (Fsp3) is 0.833. The van der Waals surface area contributed by atoms with Gasteiger partial charge < -0.3 is 4.43 Å². The summed E-state index contributed by atoms with van der Waals surface area (Å²) in [5.41, 5.74) is 3.21. The lowest BCUT2D eigenvalue weighted by Gasteiger charge is -2.41. The molecule has 0 aromatic rings. The minimum atomic E-state index is -1.80. The van der Waals surface area contributed by atoms with E-state index in [1.54, 1.807) is 0 Å². The summed E-state index contributed by atoms with van der Waals surface area (Å²) in [5, 5.41) is 0. The number of rotatable bonds is 4. The molecule has 0 saturated heterocycles. The molecule has 0 aromatic carbocycles. The van der Waals surface area contributed by atoms with Crippen LogP contribution in [0.5, 0.6) is 0 Å². The van der Waals surface area contributed by atoms with E-state index in [1.807, 2.05) is 0 Å². The highest BCUT2D eigenvalue weighted by atomic mass is 28.4. The van der Waals surface area contributed by atoms with Crippen LogP contribution in [0.2, 0.25) is 11.1 Å². The number of hydrogen-bond donors (Lipinski definition) is 0. The van der Waals surface area contributed by atoms with Crippen LogP contribution < -0.4 is 0 Å². The van der Waals surface area contributed by atoms with Gasteiger partial charge in [-0.05, 0) is 31.9 Å². The lowest BCUT2D eigenvalue weighted by molar-refractivity contribution is 0.114. The molecule has 0 bridgehead atoms. The zero-order valence-corrected chi connectivity index (χ0v) is 11.8. The molecule has 14 heavy (non-hydrogen) atoms. The molecule has 0 spiro atoms.